The lowest BCUT2D eigenvalue weighted by Crippen LogP contribution is -2.05. The van der Waals surface area contributed by atoms with Crippen molar-refractivity contribution in [3.8, 4) is 5.69 Å². The van der Waals surface area contributed by atoms with E-state index in [1.165, 1.54) is 6.92 Å². The first-order valence-corrected chi connectivity index (χ1v) is 6.30. The van der Waals surface area contributed by atoms with E-state index in [1.807, 2.05) is 36.5 Å². The Kier molecular flexibility index (Phi) is 3.58. The van der Waals surface area contributed by atoms with Crippen LogP contribution in [0.1, 0.15) is 12.6 Å². The summed E-state index contributed by atoms with van der Waals surface area (Å²) in [6, 6.07) is 9.49. The van der Waals surface area contributed by atoms with Gasteiger partial charge in [0.25, 0.3) is 0 Å². The van der Waals surface area contributed by atoms with E-state index in [1.54, 1.807) is 4.68 Å². The van der Waals surface area contributed by atoms with E-state index in [0.29, 0.717) is 0 Å². The van der Waals surface area contributed by atoms with E-state index in [2.05, 4.69) is 26.3 Å². The van der Waals surface area contributed by atoms with E-state index < -0.39 is 0 Å². The van der Waals surface area contributed by atoms with Crippen molar-refractivity contribution >= 4 is 27.5 Å². The van der Waals surface area contributed by atoms with Crippen LogP contribution >= 0.6 is 15.9 Å². The Morgan fingerprint density at radius 3 is 2.59 bits per heavy atom. The van der Waals surface area contributed by atoms with Gasteiger partial charge in [-0.15, -0.1) is 0 Å². The lowest BCUT2D eigenvalue weighted by molar-refractivity contribution is -0.114. The molecule has 2 aromatic rings. The number of benzene rings is 1. The molecule has 1 N–H and O–H groups in total. The standard InChI is InChI=1S/C12H12BrN3O/c1-9(17)14-10-2-4-12(5-3-10)16-7-6-11(8-13)15-16/h2-7H,8H2,1H3,(H,14,17). The lowest BCUT2D eigenvalue weighted by Gasteiger charge is -2.04. The molecule has 0 bridgehead atoms. The smallest absolute Gasteiger partial charge is 0.221 e. The van der Waals surface area contributed by atoms with Crippen LogP contribution < -0.4 is 5.32 Å². The van der Waals surface area contributed by atoms with Gasteiger partial charge in [0.2, 0.25) is 5.91 Å². The lowest BCUT2D eigenvalue weighted by atomic mass is 10.3. The number of hydrogen-bond donors (Lipinski definition) is 1. The van der Waals surface area contributed by atoms with Crippen molar-refractivity contribution in [3.63, 3.8) is 0 Å². The van der Waals surface area contributed by atoms with Crippen molar-refractivity contribution in [2.75, 3.05) is 5.32 Å². The van der Waals surface area contributed by atoms with Gasteiger partial charge >= 0.3 is 0 Å². The normalized spacial score (nSPS) is 10.2. The molecule has 4 nitrogen and oxygen atoms in total. The van der Waals surface area contributed by atoms with Gasteiger partial charge < -0.3 is 5.32 Å². The van der Waals surface area contributed by atoms with Crippen LogP contribution in [-0.2, 0) is 10.1 Å². The third-order valence-electron chi connectivity index (χ3n) is 2.23. The van der Waals surface area contributed by atoms with Crippen molar-refractivity contribution in [3.05, 3.63) is 42.2 Å². The fraction of sp³-hybridized carbons (Fsp3) is 0.167. The molecule has 5 heteroatoms. The maximum atomic E-state index is 10.9. The summed E-state index contributed by atoms with van der Waals surface area (Å²) in [6.45, 7) is 1.49. The molecule has 1 aromatic carbocycles. The van der Waals surface area contributed by atoms with Crippen LogP contribution in [0.5, 0.6) is 0 Å². The molecule has 0 radical (unpaired) electrons. The summed E-state index contributed by atoms with van der Waals surface area (Å²) in [4.78, 5) is 10.9. The van der Waals surface area contributed by atoms with E-state index in [4.69, 9.17) is 0 Å². The highest BCUT2D eigenvalue weighted by Gasteiger charge is 2.00. The van der Waals surface area contributed by atoms with Crippen molar-refractivity contribution in [1.29, 1.82) is 0 Å². The number of halogens is 1. The second-order valence-corrected chi connectivity index (χ2v) is 4.17. The number of nitrogens with one attached hydrogen (secondary N) is 1. The molecule has 2 rings (SSSR count). The van der Waals surface area contributed by atoms with Crippen molar-refractivity contribution in [2.24, 2.45) is 0 Å². The zero-order chi connectivity index (χ0) is 12.3. The van der Waals surface area contributed by atoms with E-state index >= 15 is 0 Å². The quantitative estimate of drug-likeness (QED) is 0.885. The molecule has 0 spiro atoms. The molecule has 88 valence electrons. The third kappa shape index (κ3) is 2.94. The molecule has 17 heavy (non-hydrogen) atoms. The minimum atomic E-state index is -0.0709. The molecule has 0 atom stereocenters. The Bertz CT molecular complexity index is 519. The maximum absolute atomic E-state index is 10.9. The van der Waals surface area contributed by atoms with Crippen molar-refractivity contribution in [1.82, 2.24) is 9.78 Å². The highest BCUT2D eigenvalue weighted by Crippen LogP contribution is 2.13. The minimum absolute atomic E-state index is 0.0709. The number of hydrogen-bond acceptors (Lipinski definition) is 2. The number of alkyl halides is 1. The Labute approximate surface area is 108 Å². The van der Waals surface area contributed by atoms with E-state index in [9.17, 15) is 4.79 Å². The van der Waals surface area contributed by atoms with Gasteiger partial charge in [-0.25, -0.2) is 4.68 Å². The van der Waals surface area contributed by atoms with Gasteiger partial charge in [-0.1, -0.05) is 15.9 Å². The van der Waals surface area contributed by atoms with Gasteiger partial charge in [-0.05, 0) is 30.3 Å². The summed E-state index contributed by atoms with van der Waals surface area (Å²) in [5, 5.41) is 7.84. The van der Waals surface area contributed by atoms with Gasteiger partial charge in [-0.3, -0.25) is 4.79 Å². The van der Waals surface area contributed by atoms with E-state index in [-0.39, 0.29) is 5.91 Å². The first kappa shape index (κ1) is 11.9. The zero-order valence-corrected chi connectivity index (χ0v) is 10.9. The summed E-state index contributed by atoms with van der Waals surface area (Å²) in [7, 11) is 0. The Hall–Kier alpha value is -1.62. The predicted molar refractivity (Wildman–Crippen MR) is 70.5 cm³/mol. The maximum Gasteiger partial charge on any atom is 0.221 e. The predicted octanol–water partition coefficient (Wildman–Crippen LogP) is 2.73. The first-order chi connectivity index (χ1) is 8.19. The summed E-state index contributed by atoms with van der Waals surface area (Å²) in [6.07, 6.45) is 1.91. The zero-order valence-electron chi connectivity index (χ0n) is 9.35. The molecule has 0 fully saturated rings. The monoisotopic (exact) mass is 293 g/mol. The average Bonchev–Trinajstić information content (AvgIpc) is 2.78. The van der Waals surface area contributed by atoms with Crippen LogP contribution in [0.3, 0.4) is 0 Å². The van der Waals surface area contributed by atoms with Crippen LogP contribution in [0.2, 0.25) is 0 Å². The molecule has 0 unspecified atom stereocenters. The van der Waals surface area contributed by atoms with E-state index in [0.717, 1.165) is 22.4 Å². The highest BCUT2D eigenvalue weighted by atomic mass is 79.9. The Balaban J connectivity index is 2.19. The topological polar surface area (TPSA) is 46.9 Å². The molecule has 0 saturated carbocycles. The van der Waals surface area contributed by atoms with Gasteiger partial charge in [0.15, 0.2) is 0 Å². The number of amides is 1. The van der Waals surface area contributed by atoms with Crippen LogP contribution in [0.15, 0.2) is 36.5 Å². The van der Waals surface area contributed by atoms with Crippen LogP contribution in [0.25, 0.3) is 5.69 Å². The largest absolute Gasteiger partial charge is 0.326 e. The number of anilines is 1. The Morgan fingerprint density at radius 1 is 1.35 bits per heavy atom. The average molecular weight is 294 g/mol. The molecule has 0 aliphatic rings. The molecular weight excluding hydrogens is 282 g/mol. The second-order valence-electron chi connectivity index (χ2n) is 3.61. The Morgan fingerprint density at radius 2 is 2.06 bits per heavy atom. The molecular formula is C12H12BrN3O. The van der Waals surface area contributed by atoms with Crippen LogP contribution in [0, 0.1) is 0 Å². The molecule has 1 heterocycles. The molecule has 0 aliphatic heterocycles. The van der Waals surface area contributed by atoms with Crippen molar-refractivity contribution in [2.45, 2.75) is 12.3 Å². The van der Waals surface area contributed by atoms with Gasteiger partial charge in [0, 0.05) is 24.1 Å². The number of rotatable bonds is 3. The third-order valence-corrected chi connectivity index (χ3v) is 2.81. The molecule has 1 amide bonds. The molecule has 0 saturated heterocycles. The van der Waals surface area contributed by atoms with Crippen molar-refractivity contribution < 1.29 is 4.79 Å². The second kappa shape index (κ2) is 5.14. The number of aromatic nitrogens is 2. The summed E-state index contributed by atoms with van der Waals surface area (Å²) < 4.78 is 1.80. The molecule has 0 aliphatic carbocycles. The minimum Gasteiger partial charge on any atom is -0.326 e. The van der Waals surface area contributed by atoms with Gasteiger partial charge in [-0.2, -0.15) is 5.10 Å². The highest BCUT2D eigenvalue weighted by molar-refractivity contribution is 9.08. The first-order valence-electron chi connectivity index (χ1n) is 5.17. The van der Waals surface area contributed by atoms with Crippen LogP contribution in [0.4, 0.5) is 5.69 Å². The molecule has 1 aromatic heterocycles. The number of carbonyl (C=O) groups is 1. The number of carbonyl (C=O) groups excluding carboxylic acids is 1. The summed E-state index contributed by atoms with van der Waals surface area (Å²) in [5.74, 6) is -0.0709. The van der Waals surface area contributed by atoms with Crippen LogP contribution in [-0.4, -0.2) is 15.7 Å². The van der Waals surface area contributed by atoms with Gasteiger partial charge in [0.05, 0.1) is 11.4 Å². The SMILES string of the molecule is CC(=O)Nc1ccc(-n2ccc(CBr)n2)cc1. The van der Waals surface area contributed by atoms with Gasteiger partial charge in [0.1, 0.15) is 0 Å². The number of nitrogens with zero attached hydrogens (tertiary/aromatic N) is 2. The fourth-order valence-electron chi connectivity index (χ4n) is 1.48. The fourth-order valence-corrected chi connectivity index (χ4v) is 1.78. The summed E-state index contributed by atoms with van der Waals surface area (Å²) in [5.41, 5.74) is 2.73. The summed E-state index contributed by atoms with van der Waals surface area (Å²) >= 11 is 3.36.